The summed E-state index contributed by atoms with van der Waals surface area (Å²) >= 11 is 3.47. The van der Waals surface area contributed by atoms with E-state index in [0.29, 0.717) is 0 Å². The van der Waals surface area contributed by atoms with Gasteiger partial charge in [0.25, 0.3) is 5.91 Å². The predicted octanol–water partition coefficient (Wildman–Crippen LogP) is 4.88. The van der Waals surface area contributed by atoms with E-state index in [1.54, 1.807) is 0 Å². The van der Waals surface area contributed by atoms with Crippen molar-refractivity contribution in [2.75, 3.05) is 11.4 Å². The van der Waals surface area contributed by atoms with Crippen LogP contribution < -0.4 is 4.90 Å². The minimum Gasteiger partial charge on any atom is -0.405 e. The summed E-state index contributed by atoms with van der Waals surface area (Å²) in [7, 11) is -1.92. The molecule has 1 fully saturated rings. The molecule has 1 aliphatic heterocycles. The van der Waals surface area contributed by atoms with Gasteiger partial charge in [-0.1, -0.05) is 36.7 Å². The molecule has 1 aromatic rings. The maximum atomic E-state index is 12.8. The Morgan fingerprint density at radius 2 is 1.95 bits per heavy atom. The Bertz CT molecular complexity index is 581. The zero-order valence-electron chi connectivity index (χ0n) is 14.4. The van der Waals surface area contributed by atoms with Crippen LogP contribution in [0.5, 0.6) is 0 Å². The van der Waals surface area contributed by atoms with Gasteiger partial charge < -0.3 is 9.33 Å². The molecule has 1 aromatic carbocycles. The number of anilines is 1. The van der Waals surface area contributed by atoms with Gasteiger partial charge in [-0.05, 0) is 55.2 Å². The fourth-order valence-corrected chi connectivity index (χ4v) is 4.22. The zero-order valence-corrected chi connectivity index (χ0v) is 17.0. The van der Waals surface area contributed by atoms with E-state index in [0.717, 1.165) is 28.7 Å². The van der Waals surface area contributed by atoms with Gasteiger partial charge in [0.1, 0.15) is 6.10 Å². The third kappa shape index (κ3) is 3.47. The fraction of sp³-hybridized carbons (Fsp3) is 0.588. The summed E-state index contributed by atoms with van der Waals surface area (Å²) in [5.41, 5.74) is 2.10. The molecule has 0 N–H and O–H groups in total. The van der Waals surface area contributed by atoms with Crippen molar-refractivity contribution < 1.29 is 9.22 Å². The number of hydrogen-bond donors (Lipinski definition) is 0. The summed E-state index contributed by atoms with van der Waals surface area (Å²) in [5, 5.41) is 0.119. The lowest BCUT2D eigenvalue weighted by Crippen LogP contribution is -2.46. The zero-order chi connectivity index (χ0) is 16.7. The Morgan fingerprint density at radius 3 is 2.50 bits per heavy atom. The molecule has 122 valence electrons. The highest BCUT2D eigenvalue weighted by atomic mass is 79.9. The second-order valence-electron chi connectivity index (χ2n) is 7.58. The molecule has 22 heavy (non-hydrogen) atoms. The summed E-state index contributed by atoms with van der Waals surface area (Å²) in [6.45, 7) is 13.8. The van der Waals surface area contributed by atoms with E-state index in [9.17, 15) is 4.79 Å². The van der Waals surface area contributed by atoms with E-state index in [4.69, 9.17) is 4.43 Å². The number of aryl methyl sites for hydroxylation is 1. The number of nitrogens with zero attached hydrogens (tertiary/aromatic N) is 1. The number of benzene rings is 1. The lowest BCUT2D eigenvalue weighted by atomic mass is 10.2. The monoisotopic (exact) mass is 383 g/mol. The molecule has 3 nitrogen and oxygen atoms in total. The van der Waals surface area contributed by atoms with Crippen LogP contribution in [0.1, 0.15) is 32.8 Å². The molecule has 5 heteroatoms. The topological polar surface area (TPSA) is 29.5 Å². The van der Waals surface area contributed by atoms with Crippen molar-refractivity contribution in [1.82, 2.24) is 0 Å². The normalized spacial score (nSPS) is 19.9. The van der Waals surface area contributed by atoms with Gasteiger partial charge in [0.15, 0.2) is 8.32 Å². The number of halogens is 1. The van der Waals surface area contributed by atoms with Crippen LogP contribution in [0.2, 0.25) is 18.1 Å². The molecule has 1 aliphatic rings. The molecule has 1 heterocycles. The predicted molar refractivity (Wildman–Crippen MR) is 97.9 cm³/mol. The molecule has 0 spiro atoms. The second kappa shape index (κ2) is 6.10. The Balaban J connectivity index is 2.17. The minimum absolute atomic E-state index is 0.107. The number of carbonyl (C=O) groups excluding carboxylic acids is 1. The highest BCUT2D eigenvalue weighted by Crippen LogP contribution is 2.39. The summed E-state index contributed by atoms with van der Waals surface area (Å²) in [6.07, 6.45) is 0.491. The number of amides is 1. The van der Waals surface area contributed by atoms with Crippen molar-refractivity contribution in [3.63, 3.8) is 0 Å². The van der Waals surface area contributed by atoms with Crippen molar-refractivity contribution in [3.8, 4) is 0 Å². The number of carbonyl (C=O) groups is 1. The van der Waals surface area contributed by atoms with E-state index >= 15 is 0 Å². The Morgan fingerprint density at radius 1 is 1.32 bits per heavy atom. The lowest BCUT2D eigenvalue weighted by molar-refractivity contribution is -0.123. The highest BCUT2D eigenvalue weighted by molar-refractivity contribution is 9.10. The van der Waals surface area contributed by atoms with Crippen molar-refractivity contribution in [2.45, 2.75) is 58.4 Å². The molecule has 1 saturated heterocycles. The van der Waals surface area contributed by atoms with E-state index < -0.39 is 8.32 Å². The van der Waals surface area contributed by atoms with Gasteiger partial charge in [0.05, 0.1) is 0 Å². The summed E-state index contributed by atoms with van der Waals surface area (Å²) in [5.74, 6) is 0.107. The first-order valence-electron chi connectivity index (χ1n) is 7.78. The maximum absolute atomic E-state index is 12.8. The van der Waals surface area contributed by atoms with Crippen molar-refractivity contribution in [1.29, 1.82) is 0 Å². The van der Waals surface area contributed by atoms with Gasteiger partial charge >= 0.3 is 0 Å². The molecule has 1 atom stereocenters. The second-order valence-corrected chi connectivity index (χ2v) is 13.2. The Labute approximate surface area is 143 Å². The number of rotatable bonds is 3. The van der Waals surface area contributed by atoms with Crippen LogP contribution in [-0.4, -0.2) is 26.9 Å². The molecular weight excluding hydrogens is 358 g/mol. The molecule has 0 aliphatic carbocycles. The first kappa shape index (κ1) is 17.7. The summed E-state index contributed by atoms with van der Waals surface area (Å²) in [6, 6.07) is 6.04. The highest BCUT2D eigenvalue weighted by Gasteiger charge is 2.43. The van der Waals surface area contributed by atoms with Gasteiger partial charge in [-0.2, -0.15) is 0 Å². The van der Waals surface area contributed by atoms with Gasteiger partial charge in [-0.15, -0.1) is 0 Å². The molecule has 0 unspecified atom stereocenters. The molecule has 0 aromatic heterocycles. The van der Waals surface area contributed by atoms with Crippen LogP contribution in [0.25, 0.3) is 0 Å². The standard InChI is InChI=1S/C17H26BrNO2Si/c1-12-11-13(18)7-8-14(12)19-10-9-15(16(19)20)21-22(5,6)17(2,3)4/h7-8,11,15H,9-10H2,1-6H3/t15-/m0/s1. The van der Waals surface area contributed by atoms with Crippen molar-refractivity contribution in [2.24, 2.45) is 0 Å². The molecule has 0 saturated carbocycles. The minimum atomic E-state index is -1.92. The van der Waals surface area contributed by atoms with Gasteiger partial charge in [-0.25, -0.2) is 0 Å². The van der Waals surface area contributed by atoms with Crippen LogP contribution in [0.3, 0.4) is 0 Å². The van der Waals surface area contributed by atoms with E-state index in [2.05, 4.69) is 49.8 Å². The smallest absolute Gasteiger partial charge is 0.254 e. The van der Waals surface area contributed by atoms with Crippen LogP contribution in [0.4, 0.5) is 5.69 Å². The van der Waals surface area contributed by atoms with Crippen molar-refractivity contribution in [3.05, 3.63) is 28.2 Å². The van der Waals surface area contributed by atoms with Gasteiger partial charge in [0.2, 0.25) is 0 Å². The fourth-order valence-electron chi connectivity index (χ4n) is 2.46. The average molecular weight is 384 g/mol. The molecule has 2 rings (SSSR count). The van der Waals surface area contributed by atoms with Gasteiger partial charge in [0, 0.05) is 16.7 Å². The van der Waals surface area contributed by atoms with Crippen LogP contribution in [0, 0.1) is 6.92 Å². The quantitative estimate of drug-likeness (QED) is 0.695. The molecule has 1 amide bonds. The lowest BCUT2D eigenvalue weighted by Gasteiger charge is -2.37. The third-order valence-corrected chi connectivity index (χ3v) is 9.83. The first-order valence-corrected chi connectivity index (χ1v) is 11.5. The molecule has 0 radical (unpaired) electrons. The van der Waals surface area contributed by atoms with Crippen molar-refractivity contribution >= 4 is 35.8 Å². The molecule has 0 bridgehead atoms. The average Bonchev–Trinajstić information content (AvgIpc) is 2.69. The third-order valence-electron chi connectivity index (χ3n) is 4.85. The van der Waals surface area contributed by atoms with Crippen LogP contribution in [-0.2, 0) is 9.22 Å². The number of hydrogen-bond acceptors (Lipinski definition) is 2. The van der Waals surface area contributed by atoms with E-state index in [-0.39, 0.29) is 17.0 Å². The van der Waals surface area contributed by atoms with Crippen LogP contribution in [0.15, 0.2) is 22.7 Å². The van der Waals surface area contributed by atoms with E-state index in [1.807, 2.05) is 30.0 Å². The maximum Gasteiger partial charge on any atom is 0.254 e. The Kier molecular flexibility index (Phi) is 4.90. The van der Waals surface area contributed by atoms with Gasteiger partial charge in [-0.3, -0.25) is 4.79 Å². The largest absolute Gasteiger partial charge is 0.405 e. The van der Waals surface area contributed by atoms with E-state index in [1.165, 1.54) is 0 Å². The Hall–Kier alpha value is -0.653. The summed E-state index contributed by atoms with van der Waals surface area (Å²) in [4.78, 5) is 14.6. The summed E-state index contributed by atoms with van der Waals surface area (Å²) < 4.78 is 7.37. The first-order chi connectivity index (χ1) is 10.0. The van der Waals surface area contributed by atoms with Crippen LogP contribution >= 0.6 is 15.9 Å². The SMILES string of the molecule is Cc1cc(Br)ccc1N1CC[C@H](O[Si](C)(C)C(C)(C)C)C1=O. The molecular formula is C17H26BrNO2Si.